The zero-order valence-corrected chi connectivity index (χ0v) is 12.9. The van der Waals surface area contributed by atoms with Gasteiger partial charge in [0.15, 0.2) is 11.5 Å². The Balaban J connectivity index is 1.69. The molecule has 1 amide bonds. The van der Waals surface area contributed by atoms with Gasteiger partial charge in [0.1, 0.15) is 5.75 Å². The maximum atomic E-state index is 12.1. The van der Waals surface area contributed by atoms with Gasteiger partial charge in [0, 0.05) is 11.1 Å². The van der Waals surface area contributed by atoms with E-state index in [4.69, 9.17) is 9.47 Å². The lowest BCUT2D eigenvalue weighted by molar-refractivity contribution is 0.0954. The first kappa shape index (κ1) is 15.6. The maximum absolute atomic E-state index is 12.1. The molecule has 24 heavy (non-hydrogen) atoms. The van der Waals surface area contributed by atoms with E-state index in [-0.39, 0.29) is 18.4 Å². The summed E-state index contributed by atoms with van der Waals surface area (Å²) in [7, 11) is 0. The summed E-state index contributed by atoms with van der Waals surface area (Å²) in [5, 5.41) is 14.0. The van der Waals surface area contributed by atoms with Crippen molar-refractivity contribution in [1.82, 2.24) is 5.43 Å². The number of nitrogens with zero attached hydrogens (tertiary/aromatic N) is 1. The minimum absolute atomic E-state index is 0.124. The van der Waals surface area contributed by atoms with E-state index >= 15 is 0 Å². The van der Waals surface area contributed by atoms with Crippen LogP contribution in [-0.4, -0.2) is 24.0 Å². The molecule has 0 unspecified atom stereocenters. The summed E-state index contributed by atoms with van der Waals surface area (Å²) in [5.74, 6) is 0.880. The number of phenols is 1. The average Bonchev–Trinajstić information content (AvgIpc) is 3.06. The van der Waals surface area contributed by atoms with Gasteiger partial charge in [-0.05, 0) is 36.2 Å². The lowest BCUT2D eigenvalue weighted by Gasteiger charge is -2.05. The summed E-state index contributed by atoms with van der Waals surface area (Å²) < 4.78 is 10.4. The van der Waals surface area contributed by atoms with Crippen molar-refractivity contribution in [2.45, 2.75) is 6.42 Å². The Bertz CT molecular complexity index is 815. The van der Waals surface area contributed by atoms with E-state index in [1.54, 1.807) is 42.5 Å². The number of phenolic OH excluding ortho intramolecular Hbond substituents is 1. The number of aromatic hydroxyl groups is 1. The quantitative estimate of drug-likeness (QED) is 0.503. The zero-order valence-electron chi connectivity index (χ0n) is 12.9. The summed E-state index contributed by atoms with van der Waals surface area (Å²) in [4.78, 5) is 12.1. The molecule has 1 aliphatic rings. The number of hydrazone groups is 1. The number of ether oxygens (including phenoxy) is 2. The number of allylic oxidation sites excluding steroid dienone is 1. The van der Waals surface area contributed by atoms with Crippen LogP contribution in [0.3, 0.4) is 0 Å². The number of benzene rings is 2. The van der Waals surface area contributed by atoms with E-state index in [0.717, 1.165) is 5.56 Å². The van der Waals surface area contributed by atoms with Crippen molar-refractivity contribution in [3.8, 4) is 17.2 Å². The van der Waals surface area contributed by atoms with Crippen LogP contribution in [0.1, 0.15) is 21.5 Å². The Morgan fingerprint density at radius 2 is 2.12 bits per heavy atom. The second kappa shape index (κ2) is 6.87. The van der Waals surface area contributed by atoms with Gasteiger partial charge in [0.05, 0.1) is 6.21 Å². The molecule has 1 aliphatic heterocycles. The predicted octanol–water partition coefficient (Wildman–Crippen LogP) is 2.61. The number of hydrogen-bond acceptors (Lipinski definition) is 5. The Labute approximate surface area is 139 Å². The predicted molar refractivity (Wildman–Crippen MR) is 89.6 cm³/mol. The molecule has 0 aliphatic carbocycles. The summed E-state index contributed by atoms with van der Waals surface area (Å²) in [6, 6.07) is 10.2. The van der Waals surface area contributed by atoms with Crippen LogP contribution in [0.15, 0.2) is 54.2 Å². The van der Waals surface area contributed by atoms with Crippen LogP contribution in [0, 0.1) is 0 Å². The summed E-state index contributed by atoms with van der Waals surface area (Å²) >= 11 is 0. The van der Waals surface area contributed by atoms with E-state index in [1.165, 1.54) is 6.21 Å². The highest BCUT2D eigenvalue weighted by molar-refractivity contribution is 5.95. The fraction of sp³-hybridized carbons (Fsp3) is 0.111. The third-order valence-electron chi connectivity index (χ3n) is 3.52. The van der Waals surface area contributed by atoms with Gasteiger partial charge in [-0.1, -0.05) is 18.2 Å². The molecule has 2 N–H and O–H groups in total. The van der Waals surface area contributed by atoms with Crippen molar-refractivity contribution in [2.75, 3.05) is 6.79 Å². The number of rotatable bonds is 5. The van der Waals surface area contributed by atoms with E-state index in [0.29, 0.717) is 29.0 Å². The standard InChI is InChI=1S/C18H16N2O4/c1-2-4-12-5-3-6-14(17(12)21)10-19-20-18(22)13-7-8-15-16(9-13)24-11-23-15/h2-3,5-10,21H,1,4,11H2,(H,20,22)/b19-10+. The van der Waals surface area contributed by atoms with Gasteiger partial charge in [0.25, 0.3) is 5.91 Å². The van der Waals surface area contributed by atoms with Crippen LogP contribution in [-0.2, 0) is 6.42 Å². The molecule has 2 aromatic carbocycles. The number of carbonyl (C=O) groups excluding carboxylic acids is 1. The highest BCUT2D eigenvalue weighted by Crippen LogP contribution is 2.32. The molecule has 0 fully saturated rings. The summed E-state index contributed by atoms with van der Waals surface area (Å²) in [6.07, 6.45) is 3.65. The minimum atomic E-state index is -0.383. The van der Waals surface area contributed by atoms with Crippen molar-refractivity contribution in [2.24, 2.45) is 5.10 Å². The first-order valence-corrected chi connectivity index (χ1v) is 7.34. The van der Waals surface area contributed by atoms with Crippen molar-refractivity contribution in [3.63, 3.8) is 0 Å². The molecule has 3 rings (SSSR count). The lowest BCUT2D eigenvalue weighted by Crippen LogP contribution is -2.17. The molecule has 2 aromatic rings. The van der Waals surface area contributed by atoms with E-state index in [1.807, 2.05) is 0 Å². The van der Waals surface area contributed by atoms with Gasteiger partial charge in [-0.2, -0.15) is 5.10 Å². The van der Waals surface area contributed by atoms with Crippen LogP contribution in [0.25, 0.3) is 0 Å². The number of amides is 1. The first-order chi connectivity index (χ1) is 11.7. The Morgan fingerprint density at radius 1 is 1.29 bits per heavy atom. The van der Waals surface area contributed by atoms with Gasteiger partial charge in [-0.15, -0.1) is 6.58 Å². The largest absolute Gasteiger partial charge is 0.507 e. The second-order valence-corrected chi connectivity index (χ2v) is 5.11. The SMILES string of the molecule is C=CCc1cccc(/C=N/NC(=O)c2ccc3c(c2)OCO3)c1O. The number of fused-ring (bicyclic) bond motifs is 1. The lowest BCUT2D eigenvalue weighted by atomic mass is 10.1. The smallest absolute Gasteiger partial charge is 0.271 e. The van der Waals surface area contributed by atoms with E-state index < -0.39 is 0 Å². The molecule has 0 atom stereocenters. The molecule has 1 heterocycles. The fourth-order valence-corrected chi connectivity index (χ4v) is 2.30. The van der Waals surface area contributed by atoms with Crippen molar-refractivity contribution in [3.05, 3.63) is 65.7 Å². The van der Waals surface area contributed by atoms with Crippen LogP contribution < -0.4 is 14.9 Å². The van der Waals surface area contributed by atoms with Gasteiger partial charge in [-0.3, -0.25) is 4.79 Å². The molecular formula is C18H16N2O4. The summed E-state index contributed by atoms with van der Waals surface area (Å²) in [5.41, 5.74) is 4.08. The molecular weight excluding hydrogens is 308 g/mol. The second-order valence-electron chi connectivity index (χ2n) is 5.11. The molecule has 0 radical (unpaired) electrons. The molecule has 0 spiro atoms. The molecule has 6 heteroatoms. The third kappa shape index (κ3) is 3.22. The molecule has 6 nitrogen and oxygen atoms in total. The molecule has 122 valence electrons. The first-order valence-electron chi connectivity index (χ1n) is 7.34. The van der Waals surface area contributed by atoms with Gasteiger partial charge in [-0.25, -0.2) is 5.43 Å². The topological polar surface area (TPSA) is 80.2 Å². The highest BCUT2D eigenvalue weighted by Gasteiger charge is 2.15. The number of nitrogens with one attached hydrogen (secondary N) is 1. The number of hydrogen-bond donors (Lipinski definition) is 2. The minimum Gasteiger partial charge on any atom is -0.507 e. The molecule has 0 saturated heterocycles. The van der Waals surface area contributed by atoms with Crippen LogP contribution in [0.5, 0.6) is 17.2 Å². The summed E-state index contributed by atoms with van der Waals surface area (Å²) in [6.45, 7) is 3.80. The van der Waals surface area contributed by atoms with Crippen molar-refractivity contribution >= 4 is 12.1 Å². The Hall–Kier alpha value is -3.28. The fourth-order valence-electron chi connectivity index (χ4n) is 2.30. The van der Waals surface area contributed by atoms with Gasteiger partial charge >= 0.3 is 0 Å². The molecule has 0 aromatic heterocycles. The average molecular weight is 324 g/mol. The van der Waals surface area contributed by atoms with Crippen LogP contribution >= 0.6 is 0 Å². The van der Waals surface area contributed by atoms with Crippen LogP contribution in [0.4, 0.5) is 0 Å². The molecule has 0 bridgehead atoms. The van der Waals surface area contributed by atoms with E-state index in [9.17, 15) is 9.90 Å². The molecule has 0 saturated carbocycles. The maximum Gasteiger partial charge on any atom is 0.271 e. The van der Waals surface area contributed by atoms with Gasteiger partial charge < -0.3 is 14.6 Å². The third-order valence-corrected chi connectivity index (χ3v) is 3.52. The Kier molecular flexibility index (Phi) is 4.47. The zero-order chi connectivity index (χ0) is 16.9. The number of carbonyl (C=O) groups is 1. The van der Waals surface area contributed by atoms with Crippen molar-refractivity contribution in [1.29, 1.82) is 0 Å². The Morgan fingerprint density at radius 3 is 2.96 bits per heavy atom. The normalized spacial score (nSPS) is 12.3. The monoisotopic (exact) mass is 324 g/mol. The van der Waals surface area contributed by atoms with Crippen molar-refractivity contribution < 1.29 is 19.4 Å². The number of para-hydroxylation sites is 1. The van der Waals surface area contributed by atoms with Crippen LogP contribution in [0.2, 0.25) is 0 Å². The highest BCUT2D eigenvalue weighted by atomic mass is 16.7. The van der Waals surface area contributed by atoms with Gasteiger partial charge in [0.2, 0.25) is 6.79 Å². The van der Waals surface area contributed by atoms with E-state index in [2.05, 4.69) is 17.1 Å².